The molecule has 5 nitrogen and oxygen atoms in total. The molecule has 1 aromatic heterocycles. The molecule has 1 saturated heterocycles. The van der Waals surface area contributed by atoms with Crippen molar-refractivity contribution in [1.82, 2.24) is 25.2 Å². The molecule has 0 radical (unpaired) electrons. The number of hydrogen-bond acceptors (Lipinski definition) is 4. The molecule has 1 fully saturated rings. The molecule has 1 N–H and O–H groups in total. The molecule has 17 heavy (non-hydrogen) atoms. The number of hydrogen-bond donors (Lipinski definition) is 1. The van der Waals surface area contributed by atoms with Crippen molar-refractivity contribution in [2.45, 2.75) is 45.3 Å². The Morgan fingerprint density at radius 2 is 2.35 bits per heavy atom. The van der Waals surface area contributed by atoms with Gasteiger partial charge in [0, 0.05) is 38.4 Å². The Morgan fingerprint density at radius 3 is 3.00 bits per heavy atom. The van der Waals surface area contributed by atoms with Gasteiger partial charge < -0.3 is 5.32 Å². The van der Waals surface area contributed by atoms with Gasteiger partial charge in [0.25, 0.3) is 0 Å². The largest absolute Gasteiger partial charge is 0.313 e. The zero-order chi connectivity index (χ0) is 12.3. The lowest BCUT2D eigenvalue weighted by molar-refractivity contribution is 0.192. The van der Waals surface area contributed by atoms with Gasteiger partial charge in [-0.1, -0.05) is 12.1 Å². The Bertz CT molecular complexity index is 348. The second kappa shape index (κ2) is 5.60. The lowest BCUT2D eigenvalue weighted by Gasteiger charge is -2.27. The Kier molecular flexibility index (Phi) is 4.12. The van der Waals surface area contributed by atoms with E-state index < -0.39 is 0 Å². The maximum atomic E-state index is 4.18. The maximum absolute atomic E-state index is 4.18. The third-order valence-electron chi connectivity index (χ3n) is 3.58. The summed E-state index contributed by atoms with van der Waals surface area (Å²) in [6.45, 7) is 7.68. The van der Waals surface area contributed by atoms with Crippen LogP contribution in [0.5, 0.6) is 0 Å². The van der Waals surface area contributed by atoms with E-state index in [4.69, 9.17) is 0 Å². The van der Waals surface area contributed by atoms with Gasteiger partial charge >= 0.3 is 0 Å². The van der Waals surface area contributed by atoms with Gasteiger partial charge in [0.1, 0.15) is 0 Å². The zero-order valence-corrected chi connectivity index (χ0v) is 11.1. The van der Waals surface area contributed by atoms with Crippen molar-refractivity contribution in [3.8, 4) is 0 Å². The van der Waals surface area contributed by atoms with Crippen molar-refractivity contribution in [2.24, 2.45) is 7.05 Å². The van der Waals surface area contributed by atoms with E-state index in [9.17, 15) is 0 Å². The van der Waals surface area contributed by atoms with Crippen molar-refractivity contribution in [1.29, 1.82) is 0 Å². The zero-order valence-electron chi connectivity index (χ0n) is 11.1. The van der Waals surface area contributed by atoms with Gasteiger partial charge in [-0.05, 0) is 26.3 Å². The number of nitrogens with zero attached hydrogens (tertiary/aromatic N) is 4. The summed E-state index contributed by atoms with van der Waals surface area (Å²) in [4.78, 5) is 2.51. The first-order chi connectivity index (χ1) is 8.19. The van der Waals surface area contributed by atoms with Gasteiger partial charge in [-0.15, -0.1) is 5.10 Å². The Morgan fingerprint density at radius 1 is 1.53 bits per heavy atom. The smallest absolute Gasteiger partial charge is 0.0967 e. The van der Waals surface area contributed by atoms with Crippen LogP contribution >= 0.6 is 0 Å². The molecule has 2 unspecified atom stereocenters. The lowest BCUT2D eigenvalue weighted by atomic mass is 10.2. The predicted molar refractivity (Wildman–Crippen MR) is 67.6 cm³/mol. The molecule has 2 rings (SSSR count). The average Bonchev–Trinajstić information content (AvgIpc) is 2.62. The number of rotatable bonds is 3. The minimum atomic E-state index is 0.608. The van der Waals surface area contributed by atoms with Gasteiger partial charge in [0.2, 0.25) is 0 Å². The highest BCUT2D eigenvalue weighted by molar-refractivity contribution is 4.94. The van der Waals surface area contributed by atoms with E-state index in [0.29, 0.717) is 12.1 Å². The fourth-order valence-electron chi connectivity index (χ4n) is 2.38. The third kappa shape index (κ3) is 3.26. The highest BCUT2D eigenvalue weighted by atomic mass is 15.4. The number of aromatic nitrogens is 3. The molecule has 0 aliphatic carbocycles. The van der Waals surface area contributed by atoms with Crippen molar-refractivity contribution in [2.75, 3.05) is 13.1 Å². The maximum Gasteiger partial charge on any atom is 0.0967 e. The first-order valence-corrected chi connectivity index (χ1v) is 6.51. The van der Waals surface area contributed by atoms with E-state index in [0.717, 1.165) is 25.3 Å². The van der Waals surface area contributed by atoms with Crippen LogP contribution in [0.15, 0.2) is 6.20 Å². The van der Waals surface area contributed by atoms with Crippen LogP contribution in [0.1, 0.15) is 32.4 Å². The standard InChI is InChI=1S/C12H23N5/c1-4-11-8-17(10(2)5-6-13-11)9-12-7-16(3)15-14-12/h7,10-11,13H,4-6,8-9H2,1-3H3. The van der Waals surface area contributed by atoms with Crippen molar-refractivity contribution in [3.63, 3.8) is 0 Å². The van der Waals surface area contributed by atoms with Crippen LogP contribution in [-0.4, -0.2) is 45.1 Å². The summed E-state index contributed by atoms with van der Waals surface area (Å²) in [7, 11) is 1.92. The summed E-state index contributed by atoms with van der Waals surface area (Å²) in [6, 6.07) is 1.22. The number of nitrogens with one attached hydrogen (secondary N) is 1. The lowest BCUT2D eigenvalue weighted by Crippen LogP contribution is -2.39. The van der Waals surface area contributed by atoms with E-state index in [-0.39, 0.29) is 0 Å². The van der Waals surface area contributed by atoms with Gasteiger partial charge in [0.05, 0.1) is 5.69 Å². The normalized spacial score (nSPS) is 27.0. The van der Waals surface area contributed by atoms with Crippen LogP contribution in [0, 0.1) is 0 Å². The molecular formula is C12H23N5. The van der Waals surface area contributed by atoms with Crippen LogP contribution in [0.4, 0.5) is 0 Å². The molecule has 0 aromatic carbocycles. The van der Waals surface area contributed by atoms with Gasteiger partial charge in [-0.2, -0.15) is 0 Å². The molecule has 0 saturated carbocycles. The second-order valence-electron chi connectivity index (χ2n) is 5.01. The molecule has 1 aliphatic heterocycles. The SMILES string of the molecule is CCC1CN(Cc2cn(C)nn2)C(C)CCN1. The molecule has 1 aliphatic rings. The van der Waals surface area contributed by atoms with Crippen LogP contribution in [0.3, 0.4) is 0 Å². The van der Waals surface area contributed by atoms with Crippen LogP contribution in [0.2, 0.25) is 0 Å². The van der Waals surface area contributed by atoms with Crippen LogP contribution < -0.4 is 5.32 Å². The fourth-order valence-corrected chi connectivity index (χ4v) is 2.38. The first kappa shape index (κ1) is 12.5. The van der Waals surface area contributed by atoms with Gasteiger partial charge in [0.15, 0.2) is 0 Å². The Hall–Kier alpha value is -0.940. The van der Waals surface area contributed by atoms with E-state index in [1.807, 2.05) is 13.2 Å². The summed E-state index contributed by atoms with van der Waals surface area (Å²) in [5.41, 5.74) is 1.07. The van der Waals surface area contributed by atoms with Crippen molar-refractivity contribution >= 4 is 0 Å². The van der Waals surface area contributed by atoms with Crippen molar-refractivity contribution in [3.05, 3.63) is 11.9 Å². The minimum absolute atomic E-state index is 0.608. The summed E-state index contributed by atoms with van der Waals surface area (Å²) in [5, 5.41) is 11.8. The molecule has 2 heterocycles. The molecule has 1 aromatic rings. The van der Waals surface area contributed by atoms with E-state index >= 15 is 0 Å². The third-order valence-corrected chi connectivity index (χ3v) is 3.58. The second-order valence-corrected chi connectivity index (χ2v) is 5.01. The summed E-state index contributed by atoms with van der Waals surface area (Å²) in [5.74, 6) is 0. The topological polar surface area (TPSA) is 46.0 Å². The molecule has 2 atom stereocenters. The molecule has 5 heteroatoms. The minimum Gasteiger partial charge on any atom is -0.313 e. The average molecular weight is 237 g/mol. The summed E-state index contributed by atoms with van der Waals surface area (Å²) < 4.78 is 1.77. The monoisotopic (exact) mass is 237 g/mol. The van der Waals surface area contributed by atoms with Gasteiger partial charge in [-0.3, -0.25) is 9.58 Å². The summed E-state index contributed by atoms with van der Waals surface area (Å²) >= 11 is 0. The van der Waals surface area contributed by atoms with E-state index in [2.05, 4.69) is 34.4 Å². The Balaban J connectivity index is 2.01. The molecule has 0 amide bonds. The van der Waals surface area contributed by atoms with E-state index in [1.54, 1.807) is 4.68 Å². The molecular weight excluding hydrogens is 214 g/mol. The van der Waals surface area contributed by atoms with Crippen LogP contribution in [-0.2, 0) is 13.6 Å². The highest BCUT2D eigenvalue weighted by Crippen LogP contribution is 2.13. The molecule has 96 valence electrons. The Labute approximate surface area is 103 Å². The number of aryl methyl sites for hydroxylation is 1. The first-order valence-electron chi connectivity index (χ1n) is 6.51. The summed E-state index contributed by atoms with van der Waals surface area (Å²) in [6.07, 6.45) is 4.40. The van der Waals surface area contributed by atoms with Crippen molar-refractivity contribution < 1.29 is 0 Å². The molecule has 0 bridgehead atoms. The molecule has 0 spiro atoms. The van der Waals surface area contributed by atoms with Gasteiger partial charge in [-0.25, -0.2) is 0 Å². The quantitative estimate of drug-likeness (QED) is 0.844. The van der Waals surface area contributed by atoms with Crippen LogP contribution in [0.25, 0.3) is 0 Å². The highest BCUT2D eigenvalue weighted by Gasteiger charge is 2.22. The van der Waals surface area contributed by atoms with E-state index in [1.165, 1.54) is 12.8 Å². The predicted octanol–water partition coefficient (Wildman–Crippen LogP) is 0.777. The fraction of sp³-hybridized carbons (Fsp3) is 0.833.